The highest BCUT2D eigenvalue weighted by molar-refractivity contribution is 5.70. The van der Waals surface area contributed by atoms with Crippen molar-refractivity contribution in [1.29, 1.82) is 0 Å². The van der Waals surface area contributed by atoms with Crippen LogP contribution in [0.2, 0.25) is 0 Å². The summed E-state index contributed by atoms with van der Waals surface area (Å²) in [6, 6.07) is 0. The van der Waals surface area contributed by atoms with E-state index < -0.39 is 11.6 Å². The molecule has 0 amide bonds. The average molecular weight is 147 g/mol. The summed E-state index contributed by atoms with van der Waals surface area (Å²) < 4.78 is 17.3. The molecule has 1 rings (SSSR count). The Morgan fingerprint density at radius 2 is 2.40 bits per heavy atom. The van der Waals surface area contributed by atoms with Crippen molar-refractivity contribution < 1.29 is 13.9 Å². The topological polar surface area (TPSA) is 38.3 Å². The van der Waals surface area contributed by atoms with Crippen molar-refractivity contribution in [3.05, 3.63) is 0 Å². The molecule has 0 atom stereocenters. The Morgan fingerprint density at radius 1 is 1.80 bits per heavy atom. The Bertz CT molecular complexity index is 145. The van der Waals surface area contributed by atoms with Crippen LogP contribution in [0.15, 0.2) is 0 Å². The number of ether oxygens (including phenoxy) is 1. The maximum atomic E-state index is 13.0. The number of nitrogens with one attached hydrogen (secondary N) is 1. The number of methoxy groups -OCH3 is 1. The Balaban J connectivity index is 2.29. The van der Waals surface area contributed by atoms with Gasteiger partial charge in [-0.2, -0.15) is 0 Å². The van der Waals surface area contributed by atoms with Crippen LogP contribution in [0, 0.1) is 0 Å². The number of esters is 1. The van der Waals surface area contributed by atoms with Gasteiger partial charge in [0, 0.05) is 13.1 Å². The molecule has 0 bridgehead atoms. The van der Waals surface area contributed by atoms with Gasteiger partial charge in [0.25, 0.3) is 0 Å². The summed E-state index contributed by atoms with van der Waals surface area (Å²) in [7, 11) is 1.26. The highest BCUT2D eigenvalue weighted by Crippen LogP contribution is 2.20. The molecule has 0 aromatic carbocycles. The van der Waals surface area contributed by atoms with Gasteiger partial charge in [0.2, 0.25) is 0 Å². The second-order valence-electron chi connectivity index (χ2n) is 2.51. The predicted molar refractivity (Wildman–Crippen MR) is 33.3 cm³/mol. The number of hydrogen-bond acceptors (Lipinski definition) is 3. The molecule has 0 aliphatic carbocycles. The second kappa shape index (κ2) is 2.54. The lowest BCUT2D eigenvalue weighted by atomic mass is 9.96. The fourth-order valence-corrected chi connectivity index (χ4v) is 0.852. The van der Waals surface area contributed by atoms with Gasteiger partial charge in [-0.3, -0.25) is 4.79 Å². The lowest BCUT2D eigenvalue weighted by Gasteiger charge is -2.33. The molecule has 0 aromatic heterocycles. The molecule has 0 radical (unpaired) electrons. The van der Waals surface area contributed by atoms with Crippen LogP contribution in [-0.4, -0.2) is 31.8 Å². The molecule has 1 saturated heterocycles. The quantitative estimate of drug-likeness (QED) is 0.552. The maximum absolute atomic E-state index is 13.0. The van der Waals surface area contributed by atoms with Gasteiger partial charge in [0.05, 0.1) is 13.5 Å². The normalized spacial score (nSPS) is 21.4. The smallest absolute Gasteiger partial charge is 0.308 e. The zero-order valence-electron chi connectivity index (χ0n) is 5.82. The highest BCUT2D eigenvalue weighted by atomic mass is 19.1. The molecule has 3 nitrogen and oxygen atoms in total. The van der Waals surface area contributed by atoms with E-state index in [0.717, 1.165) is 0 Å². The highest BCUT2D eigenvalue weighted by Gasteiger charge is 2.39. The van der Waals surface area contributed by atoms with Crippen molar-refractivity contribution in [1.82, 2.24) is 5.32 Å². The summed E-state index contributed by atoms with van der Waals surface area (Å²) in [6.07, 6.45) is -0.128. The minimum absolute atomic E-state index is 0.128. The van der Waals surface area contributed by atoms with E-state index in [1.54, 1.807) is 0 Å². The maximum Gasteiger partial charge on any atom is 0.308 e. The first-order chi connectivity index (χ1) is 4.66. The van der Waals surface area contributed by atoms with E-state index in [9.17, 15) is 9.18 Å². The number of halogens is 1. The van der Waals surface area contributed by atoms with Gasteiger partial charge in [-0.05, 0) is 0 Å². The summed E-state index contributed by atoms with van der Waals surface area (Å²) in [5.74, 6) is -0.482. The van der Waals surface area contributed by atoms with Crippen molar-refractivity contribution in [2.45, 2.75) is 12.1 Å². The lowest BCUT2D eigenvalue weighted by molar-refractivity contribution is -0.144. The summed E-state index contributed by atoms with van der Waals surface area (Å²) in [5, 5.41) is 2.75. The molecule has 1 fully saturated rings. The molecular weight excluding hydrogens is 137 g/mol. The van der Waals surface area contributed by atoms with Crippen LogP contribution < -0.4 is 5.32 Å². The fourth-order valence-electron chi connectivity index (χ4n) is 0.852. The van der Waals surface area contributed by atoms with E-state index in [-0.39, 0.29) is 19.5 Å². The van der Waals surface area contributed by atoms with Crippen LogP contribution >= 0.6 is 0 Å². The van der Waals surface area contributed by atoms with Gasteiger partial charge in [-0.25, -0.2) is 4.39 Å². The largest absolute Gasteiger partial charge is 0.469 e. The average Bonchev–Trinajstić information content (AvgIpc) is 1.84. The third-order valence-electron chi connectivity index (χ3n) is 1.57. The molecule has 4 heteroatoms. The first-order valence-corrected chi connectivity index (χ1v) is 3.13. The van der Waals surface area contributed by atoms with Gasteiger partial charge in [0.1, 0.15) is 5.67 Å². The molecule has 1 heterocycles. The van der Waals surface area contributed by atoms with Gasteiger partial charge >= 0.3 is 5.97 Å². The molecule has 0 saturated carbocycles. The standard InChI is InChI=1S/C6H10FNO2/c1-10-5(9)2-6(7)3-8-4-6/h8H,2-4H2,1H3. The van der Waals surface area contributed by atoms with Gasteiger partial charge in [-0.15, -0.1) is 0 Å². The molecule has 1 aliphatic heterocycles. The Labute approximate surface area is 58.5 Å². The summed E-state index contributed by atoms with van der Waals surface area (Å²) in [4.78, 5) is 10.5. The summed E-state index contributed by atoms with van der Waals surface area (Å²) in [5.41, 5.74) is -1.34. The van der Waals surface area contributed by atoms with E-state index in [0.29, 0.717) is 0 Å². The van der Waals surface area contributed by atoms with E-state index in [4.69, 9.17) is 0 Å². The minimum Gasteiger partial charge on any atom is -0.469 e. The number of rotatable bonds is 2. The molecule has 58 valence electrons. The minimum atomic E-state index is -1.34. The van der Waals surface area contributed by atoms with Crippen LogP contribution in [0.5, 0.6) is 0 Å². The third kappa shape index (κ3) is 1.44. The lowest BCUT2D eigenvalue weighted by Crippen LogP contribution is -2.57. The van der Waals surface area contributed by atoms with Crippen molar-refractivity contribution in [3.8, 4) is 0 Å². The number of hydrogen-bond donors (Lipinski definition) is 1. The Kier molecular flexibility index (Phi) is 1.89. The van der Waals surface area contributed by atoms with Crippen LogP contribution in [0.25, 0.3) is 0 Å². The van der Waals surface area contributed by atoms with Crippen molar-refractivity contribution in [3.63, 3.8) is 0 Å². The number of carbonyl (C=O) groups is 1. The van der Waals surface area contributed by atoms with Crippen LogP contribution in [0.1, 0.15) is 6.42 Å². The first kappa shape index (κ1) is 7.47. The number of alkyl halides is 1. The molecule has 0 aromatic rings. The number of carbonyl (C=O) groups excluding carboxylic acids is 1. The Hall–Kier alpha value is -0.640. The zero-order valence-corrected chi connectivity index (χ0v) is 5.82. The monoisotopic (exact) mass is 147 g/mol. The first-order valence-electron chi connectivity index (χ1n) is 3.13. The molecule has 0 unspecified atom stereocenters. The van der Waals surface area contributed by atoms with Crippen molar-refractivity contribution in [2.24, 2.45) is 0 Å². The van der Waals surface area contributed by atoms with E-state index in [2.05, 4.69) is 10.1 Å². The van der Waals surface area contributed by atoms with Crippen LogP contribution in [-0.2, 0) is 9.53 Å². The van der Waals surface area contributed by atoms with Gasteiger partial charge in [0.15, 0.2) is 0 Å². The second-order valence-corrected chi connectivity index (χ2v) is 2.51. The third-order valence-corrected chi connectivity index (χ3v) is 1.57. The van der Waals surface area contributed by atoms with Crippen LogP contribution in [0.4, 0.5) is 4.39 Å². The molecule has 1 N–H and O–H groups in total. The van der Waals surface area contributed by atoms with Crippen molar-refractivity contribution >= 4 is 5.97 Å². The SMILES string of the molecule is COC(=O)CC1(F)CNC1. The van der Waals surface area contributed by atoms with E-state index in [1.165, 1.54) is 7.11 Å². The van der Waals surface area contributed by atoms with E-state index >= 15 is 0 Å². The molecular formula is C6H10FNO2. The van der Waals surface area contributed by atoms with E-state index in [1.807, 2.05) is 0 Å². The molecule has 0 spiro atoms. The zero-order chi connectivity index (χ0) is 7.61. The molecule has 10 heavy (non-hydrogen) atoms. The van der Waals surface area contributed by atoms with Crippen LogP contribution in [0.3, 0.4) is 0 Å². The predicted octanol–water partition coefficient (Wildman–Crippen LogP) is -0.139. The summed E-state index contributed by atoms with van der Waals surface area (Å²) in [6.45, 7) is 0.532. The summed E-state index contributed by atoms with van der Waals surface area (Å²) >= 11 is 0. The van der Waals surface area contributed by atoms with Gasteiger partial charge in [-0.1, -0.05) is 0 Å². The molecule has 1 aliphatic rings. The van der Waals surface area contributed by atoms with Gasteiger partial charge < -0.3 is 10.1 Å². The fraction of sp³-hybridized carbons (Fsp3) is 0.833. The van der Waals surface area contributed by atoms with Crippen molar-refractivity contribution in [2.75, 3.05) is 20.2 Å². The Morgan fingerprint density at radius 3 is 2.70 bits per heavy atom.